The molecule has 2 fully saturated rings. The molecule has 1 saturated heterocycles. The Morgan fingerprint density at radius 3 is 2.77 bits per heavy atom. The summed E-state index contributed by atoms with van der Waals surface area (Å²) in [6.45, 7) is 5.98. The summed E-state index contributed by atoms with van der Waals surface area (Å²) in [6.07, 6.45) is 18.3. The van der Waals surface area contributed by atoms with Gasteiger partial charge in [0, 0.05) is 25.4 Å². The molecule has 3 rings (SSSR count). The number of fused-ring (bicyclic) bond motifs is 1. The Kier molecular flexibility index (Phi) is 8.59. The van der Waals surface area contributed by atoms with Crippen LogP contribution in [0.4, 0.5) is 0 Å². The molecule has 0 unspecified atom stereocenters. The fourth-order valence-electron chi connectivity index (χ4n) is 5.68. The van der Waals surface area contributed by atoms with Crippen molar-refractivity contribution in [2.24, 2.45) is 17.8 Å². The van der Waals surface area contributed by atoms with Gasteiger partial charge in [0.25, 0.3) is 0 Å². The first-order valence-electron chi connectivity index (χ1n) is 12.4. The van der Waals surface area contributed by atoms with Gasteiger partial charge < -0.3 is 15.1 Å². The summed E-state index contributed by atoms with van der Waals surface area (Å²) in [5, 5.41) is 21.0. The summed E-state index contributed by atoms with van der Waals surface area (Å²) in [6, 6.07) is 0. The molecule has 2 aliphatic carbocycles. The van der Waals surface area contributed by atoms with Crippen LogP contribution >= 0.6 is 0 Å². The lowest BCUT2D eigenvalue weighted by atomic mass is 9.87. The average Bonchev–Trinajstić information content (AvgIpc) is 3.42. The first kappa shape index (κ1) is 23.5. The number of rotatable bonds is 11. The third kappa shape index (κ3) is 6.43. The maximum absolute atomic E-state index is 12.2. The van der Waals surface area contributed by atoms with Crippen LogP contribution in [0.2, 0.25) is 0 Å². The van der Waals surface area contributed by atoms with Crippen LogP contribution < -0.4 is 0 Å². The van der Waals surface area contributed by atoms with Crippen LogP contribution in [0, 0.1) is 17.8 Å². The molecule has 4 heteroatoms. The Balaban J connectivity index is 1.40. The van der Waals surface area contributed by atoms with Gasteiger partial charge in [-0.15, -0.1) is 0 Å². The van der Waals surface area contributed by atoms with Crippen molar-refractivity contribution in [2.45, 2.75) is 103 Å². The van der Waals surface area contributed by atoms with Gasteiger partial charge in [-0.25, -0.2) is 0 Å². The molecule has 1 aliphatic heterocycles. The van der Waals surface area contributed by atoms with Crippen molar-refractivity contribution < 1.29 is 15.0 Å². The fraction of sp³-hybridized carbons (Fsp3) is 0.808. The highest BCUT2D eigenvalue weighted by atomic mass is 16.3. The van der Waals surface area contributed by atoms with Crippen LogP contribution in [0.15, 0.2) is 23.8 Å². The number of nitrogens with zero attached hydrogens (tertiary/aromatic N) is 1. The predicted octanol–water partition coefficient (Wildman–Crippen LogP) is 5.00. The Morgan fingerprint density at radius 1 is 1.27 bits per heavy atom. The van der Waals surface area contributed by atoms with Crippen LogP contribution in [-0.2, 0) is 4.79 Å². The molecule has 0 radical (unpaired) electrons. The van der Waals surface area contributed by atoms with E-state index in [1.807, 2.05) is 11.8 Å². The van der Waals surface area contributed by atoms with Crippen molar-refractivity contribution in [1.29, 1.82) is 0 Å². The minimum Gasteiger partial charge on any atom is -0.392 e. The van der Waals surface area contributed by atoms with Crippen molar-refractivity contribution in [3.63, 3.8) is 0 Å². The van der Waals surface area contributed by atoms with Gasteiger partial charge in [-0.05, 0) is 76.5 Å². The molecule has 0 aromatic rings. The Hall–Kier alpha value is -1.13. The average molecular weight is 418 g/mol. The lowest BCUT2D eigenvalue weighted by Crippen LogP contribution is -2.27. The maximum atomic E-state index is 12.2. The lowest BCUT2D eigenvalue weighted by molar-refractivity contribution is -0.130. The monoisotopic (exact) mass is 417 g/mol. The maximum Gasteiger partial charge on any atom is 0.222 e. The predicted molar refractivity (Wildman–Crippen MR) is 122 cm³/mol. The number of aliphatic hydroxyl groups excluding tert-OH is 1. The summed E-state index contributed by atoms with van der Waals surface area (Å²) >= 11 is 0. The molecule has 0 aromatic carbocycles. The first-order chi connectivity index (χ1) is 14.4. The number of carbonyl (C=O) groups is 1. The lowest BCUT2D eigenvalue weighted by Gasteiger charge is -2.22. The quantitative estimate of drug-likeness (QED) is 0.367. The van der Waals surface area contributed by atoms with Crippen molar-refractivity contribution in [3.8, 4) is 0 Å². The van der Waals surface area contributed by atoms with E-state index >= 15 is 0 Å². The molecule has 4 nitrogen and oxygen atoms in total. The molecular weight excluding hydrogens is 374 g/mol. The third-order valence-electron chi connectivity index (χ3n) is 7.53. The van der Waals surface area contributed by atoms with Crippen LogP contribution in [-0.4, -0.2) is 45.8 Å². The second-order valence-corrected chi connectivity index (χ2v) is 10.3. The zero-order valence-electron chi connectivity index (χ0n) is 19.2. The fourth-order valence-corrected chi connectivity index (χ4v) is 5.68. The Bertz CT molecular complexity index is 618. The van der Waals surface area contributed by atoms with E-state index in [0.29, 0.717) is 30.6 Å². The zero-order valence-corrected chi connectivity index (χ0v) is 19.2. The van der Waals surface area contributed by atoms with Gasteiger partial charge in [0.05, 0.1) is 11.7 Å². The number of likely N-dealkylation sites (tertiary alicyclic amines) is 1. The molecule has 5 atom stereocenters. The van der Waals surface area contributed by atoms with Gasteiger partial charge in [0.1, 0.15) is 0 Å². The summed E-state index contributed by atoms with van der Waals surface area (Å²) in [7, 11) is 0. The standard InChI is InChI=1S/C26H43NO3/c1-3-4-13-26(2,30)14-9-11-22-23-18-20(17-21(23)19-24(22)28)10-5-6-12-25(29)27-15-7-8-16-27/h9,11,17,21-24,28,30H,3-8,10,12-16,18-19H2,1-2H3/t21-,22+,23-,24+,26+/m0/s1. The SMILES string of the molecule is CCCC[C@@](C)(O)CC=C[C@@H]1[C@H]2CC(CCCCC(=O)N3CCCC3)=C[C@H]2C[C@H]1O. The molecule has 1 amide bonds. The highest BCUT2D eigenvalue weighted by molar-refractivity contribution is 5.76. The number of allylic oxidation sites excluding steroid dienone is 2. The van der Waals surface area contributed by atoms with Crippen molar-refractivity contribution in [1.82, 2.24) is 4.90 Å². The molecule has 1 heterocycles. The molecule has 0 bridgehead atoms. The molecule has 1 saturated carbocycles. The van der Waals surface area contributed by atoms with E-state index in [1.54, 1.807) is 0 Å². The van der Waals surface area contributed by atoms with Crippen molar-refractivity contribution in [3.05, 3.63) is 23.8 Å². The second kappa shape index (κ2) is 10.9. The topological polar surface area (TPSA) is 60.8 Å². The van der Waals surface area contributed by atoms with E-state index in [4.69, 9.17) is 0 Å². The summed E-state index contributed by atoms with van der Waals surface area (Å²) < 4.78 is 0. The van der Waals surface area contributed by atoms with Crippen LogP contribution in [0.3, 0.4) is 0 Å². The molecule has 3 aliphatic rings. The van der Waals surface area contributed by atoms with Gasteiger partial charge in [-0.1, -0.05) is 43.6 Å². The molecule has 30 heavy (non-hydrogen) atoms. The normalized spacial score (nSPS) is 30.7. The minimum absolute atomic E-state index is 0.211. The van der Waals surface area contributed by atoms with E-state index < -0.39 is 5.60 Å². The summed E-state index contributed by atoms with van der Waals surface area (Å²) in [4.78, 5) is 14.2. The molecule has 170 valence electrons. The number of aliphatic hydroxyl groups is 2. The Labute approximate surface area is 183 Å². The first-order valence-corrected chi connectivity index (χ1v) is 12.4. The van der Waals surface area contributed by atoms with Crippen molar-refractivity contribution >= 4 is 5.91 Å². The second-order valence-electron chi connectivity index (χ2n) is 10.3. The van der Waals surface area contributed by atoms with Gasteiger partial charge in [-0.3, -0.25) is 4.79 Å². The summed E-state index contributed by atoms with van der Waals surface area (Å²) in [5.74, 6) is 1.56. The van der Waals surface area contributed by atoms with E-state index in [0.717, 1.165) is 64.5 Å². The van der Waals surface area contributed by atoms with Crippen LogP contribution in [0.5, 0.6) is 0 Å². The number of carbonyl (C=O) groups excluding carboxylic acids is 1. The van der Waals surface area contributed by atoms with E-state index in [2.05, 4.69) is 25.2 Å². The number of unbranched alkanes of at least 4 members (excludes halogenated alkanes) is 2. The summed E-state index contributed by atoms with van der Waals surface area (Å²) in [5.41, 5.74) is 0.889. The highest BCUT2D eigenvalue weighted by Gasteiger charge is 2.43. The molecular formula is C26H43NO3. The largest absolute Gasteiger partial charge is 0.392 e. The minimum atomic E-state index is -0.638. The van der Waals surface area contributed by atoms with Crippen molar-refractivity contribution in [2.75, 3.05) is 13.1 Å². The number of amides is 1. The van der Waals surface area contributed by atoms with Gasteiger partial charge in [0.2, 0.25) is 5.91 Å². The van der Waals surface area contributed by atoms with Crippen LogP contribution in [0.25, 0.3) is 0 Å². The van der Waals surface area contributed by atoms with Gasteiger partial charge >= 0.3 is 0 Å². The van der Waals surface area contributed by atoms with E-state index in [9.17, 15) is 15.0 Å². The Morgan fingerprint density at radius 2 is 2.03 bits per heavy atom. The number of hydrogen-bond donors (Lipinski definition) is 2. The van der Waals surface area contributed by atoms with Gasteiger partial charge in [-0.2, -0.15) is 0 Å². The molecule has 0 aromatic heterocycles. The smallest absolute Gasteiger partial charge is 0.222 e. The number of hydrogen-bond acceptors (Lipinski definition) is 3. The third-order valence-corrected chi connectivity index (χ3v) is 7.53. The molecule has 0 spiro atoms. The highest BCUT2D eigenvalue weighted by Crippen LogP contribution is 2.48. The van der Waals surface area contributed by atoms with Crippen LogP contribution in [0.1, 0.15) is 90.9 Å². The molecule has 2 N–H and O–H groups in total. The van der Waals surface area contributed by atoms with E-state index in [-0.39, 0.29) is 12.0 Å². The van der Waals surface area contributed by atoms with Gasteiger partial charge in [0.15, 0.2) is 0 Å². The zero-order chi connectivity index (χ0) is 21.6. The van der Waals surface area contributed by atoms with E-state index in [1.165, 1.54) is 18.4 Å².